The fraction of sp³-hybridized carbons (Fsp3) is 0. The number of hydrogen-bond acceptors (Lipinski definition) is 5. The molecule has 2 aromatic carbocycles. The molecule has 1 aromatic heterocycles. The van der Waals surface area contributed by atoms with Gasteiger partial charge in [0.15, 0.2) is 5.13 Å². The maximum absolute atomic E-state index is 10.1. The summed E-state index contributed by atoms with van der Waals surface area (Å²) >= 11 is 3.67. The van der Waals surface area contributed by atoms with Crippen LogP contribution in [0.5, 0.6) is 5.88 Å². The van der Waals surface area contributed by atoms with Crippen LogP contribution in [0.4, 0.5) is 16.5 Å². The van der Waals surface area contributed by atoms with Gasteiger partial charge in [0.1, 0.15) is 0 Å². The van der Waals surface area contributed by atoms with E-state index in [1.165, 1.54) is 14.9 Å². The molecule has 2 N–H and O–H groups in total. The number of halogens is 1. The first-order chi connectivity index (χ1) is 11.7. The Hall–Kier alpha value is -2.19. The van der Waals surface area contributed by atoms with E-state index in [4.69, 9.17) is 0 Å². The van der Waals surface area contributed by atoms with Gasteiger partial charge in [-0.05, 0) is 59.0 Å². The first-order valence-electron chi connectivity index (χ1n) is 7.26. The Balaban J connectivity index is 1.62. The Bertz CT molecular complexity index is 961. The lowest BCUT2D eigenvalue weighted by molar-refractivity contribution is 0.457. The quantitative estimate of drug-likeness (QED) is 0.527. The van der Waals surface area contributed by atoms with Gasteiger partial charge in [0.25, 0.3) is 0 Å². The van der Waals surface area contributed by atoms with Gasteiger partial charge in [0, 0.05) is 26.6 Å². The number of para-hydroxylation sites is 1. The molecular formula is C18H12IN3OS. The maximum Gasteiger partial charge on any atom is 0.231 e. The van der Waals surface area contributed by atoms with Gasteiger partial charge in [-0.2, -0.15) is 4.98 Å². The van der Waals surface area contributed by atoms with Crippen LogP contribution >= 0.6 is 33.9 Å². The van der Waals surface area contributed by atoms with Gasteiger partial charge in [0.05, 0.1) is 10.6 Å². The average molecular weight is 445 g/mol. The summed E-state index contributed by atoms with van der Waals surface area (Å²) in [6, 6.07) is 16.0. The molecule has 0 unspecified atom stereocenters. The summed E-state index contributed by atoms with van der Waals surface area (Å²) in [5, 5.41) is 14.0. The molecule has 0 saturated heterocycles. The number of allylic oxidation sites excluding steroid dienone is 1. The molecule has 4 rings (SSSR count). The van der Waals surface area contributed by atoms with Crippen molar-refractivity contribution >= 4 is 68.3 Å². The van der Waals surface area contributed by atoms with Crippen LogP contribution in [0.2, 0.25) is 0 Å². The molecule has 24 heavy (non-hydrogen) atoms. The van der Waals surface area contributed by atoms with Crippen LogP contribution in [-0.4, -0.2) is 16.3 Å². The molecular weight excluding hydrogens is 433 g/mol. The summed E-state index contributed by atoms with van der Waals surface area (Å²) in [6.07, 6.45) is 3.73. The summed E-state index contributed by atoms with van der Waals surface area (Å²) in [5.74, 6) is 0.0262. The van der Waals surface area contributed by atoms with E-state index in [0.717, 1.165) is 22.5 Å². The Morgan fingerprint density at radius 2 is 1.88 bits per heavy atom. The van der Waals surface area contributed by atoms with E-state index < -0.39 is 0 Å². The van der Waals surface area contributed by atoms with Crippen LogP contribution in [0.1, 0.15) is 10.4 Å². The maximum atomic E-state index is 10.1. The monoisotopic (exact) mass is 445 g/mol. The molecule has 1 aliphatic heterocycles. The van der Waals surface area contributed by atoms with E-state index in [2.05, 4.69) is 37.9 Å². The Morgan fingerprint density at radius 1 is 1.08 bits per heavy atom. The van der Waals surface area contributed by atoms with Gasteiger partial charge in [-0.3, -0.25) is 4.99 Å². The second kappa shape index (κ2) is 6.37. The van der Waals surface area contributed by atoms with E-state index in [1.807, 2.05) is 60.8 Å². The molecule has 0 amide bonds. The third-order valence-electron chi connectivity index (χ3n) is 3.57. The molecule has 0 spiro atoms. The summed E-state index contributed by atoms with van der Waals surface area (Å²) in [7, 11) is 0. The summed E-state index contributed by atoms with van der Waals surface area (Å²) < 4.78 is 1.17. The topological polar surface area (TPSA) is 57.5 Å². The van der Waals surface area contributed by atoms with Crippen molar-refractivity contribution in [2.45, 2.75) is 0 Å². The molecule has 3 aromatic rings. The number of aliphatic imine (C=N–C) groups is 1. The second-order valence-corrected chi connectivity index (χ2v) is 7.49. The highest BCUT2D eigenvalue weighted by molar-refractivity contribution is 14.1. The van der Waals surface area contributed by atoms with E-state index >= 15 is 0 Å². The van der Waals surface area contributed by atoms with Crippen molar-refractivity contribution in [2.24, 2.45) is 4.99 Å². The highest BCUT2D eigenvalue weighted by Gasteiger charge is 2.14. The van der Waals surface area contributed by atoms with Crippen molar-refractivity contribution in [3.8, 4) is 5.88 Å². The molecule has 0 saturated carbocycles. The molecule has 118 valence electrons. The number of nitrogens with one attached hydrogen (secondary N) is 1. The summed E-state index contributed by atoms with van der Waals surface area (Å²) in [5.41, 5.74) is 3.93. The molecule has 0 radical (unpaired) electrons. The highest BCUT2D eigenvalue weighted by Crippen LogP contribution is 2.37. The normalized spacial score (nSPS) is 14.1. The van der Waals surface area contributed by atoms with Crippen molar-refractivity contribution in [3.63, 3.8) is 0 Å². The summed E-state index contributed by atoms with van der Waals surface area (Å²) in [4.78, 5) is 9.29. The van der Waals surface area contributed by atoms with E-state index in [-0.39, 0.29) is 5.88 Å². The fourth-order valence-corrected chi connectivity index (χ4v) is 3.61. The number of thiazole rings is 1. The standard InChI is InChI=1S/C18H12IN3OS/c19-12-5-7-13(8-6-12)21-18-22-17(23)16(24-18)9-11-10-20-15-4-2-1-3-14(11)15/h1-10,23H,(H,21,22)/b11-9+. The van der Waals surface area contributed by atoms with Crippen molar-refractivity contribution in [1.82, 2.24) is 4.98 Å². The van der Waals surface area contributed by atoms with Gasteiger partial charge in [-0.1, -0.05) is 29.5 Å². The largest absolute Gasteiger partial charge is 0.492 e. The molecule has 0 bridgehead atoms. The minimum absolute atomic E-state index is 0.0262. The van der Waals surface area contributed by atoms with Crippen LogP contribution < -0.4 is 5.32 Å². The van der Waals surface area contributed by atoms with E-state index in [9.17, 15) is 5.11 Å². The van der Waals surface area contributed by atoms with E-state index in [0.29, 0.717) is 10.0 Å². The summed E-state index contributed by atoms with van der Waals surface area (Å²) in [6.45, 7) is 0. The second-order valence-electron chi connectivity index (χ2n) is 5.21. The minimum Gasteiger partial charge on any atom is -0.492 e. The number of aromatic nitrogens is 1. The van der Waals surface area contributed by atoms with Crippen molar-refractivity contribution in [3.05, 3.63) is 62.5 Å². The van der Waals surface area contributed by atoms with Crippen LogP contribution in [0.3, 0.4) is 0 Å². The lowest BCUT2D eigenvalue weighted by atomic mass is 10.1. The predicted molar refractivity (Wildman–Crippen MR) is 109 cm³/mol. The van der Waals surface area contributed by atoms with Crippen LogP contribution in [0, 0.1) is 3.57 Å². The Morgan fingerprint density at radius 3 is 2.71 bits per heavy atom. The SMILES string of the molecule is Oc1nc(Nc2ccc(I)cc2)sc1/C=C1\C=Nc2ccccc21. The number of hydrogen-bond donors (Lipinski definition) is 2. The molecule has 6 heteroatoms. The zero-order chi connectivity index (χ0) is 16.5. The van der Waals surface area contributed by atoms with Gasteiger partial charge in [0.2, 0.25) is 5.88 Å². The number of benzene rings is 2. The first kappa shape index (κ1) is 15.3. The lowest BCUT2D eigenvalue weighted by Crippen LogP contribution is -1.88. The highest BCUT2D eigenvalue weighted by atomic mass is 127. The number of anilines is 2. The van der Waals surface area contributed by atoms with Gasteiger partial charge in [-0.15, -0.1) is 0 Å². The third-order valence-corrected chi connectivity index (χ3v) is 5.20. The number of nitrogens with zero attached hydrogens (tertiary/aromatic N) is 2. The van der Waals surface area contributed by atoms with Crippen LogP contribution in [0.25, 0.3) is 11.6 Å². The molecule has 0 fully saturated rings. The van der Waals surface area contributed by atoms with Crippen LogP contribution in [-0.2, 0) is 0 Å². The van der Waals surface area contributed by atoms with Crippen molar-refractivity contribution in [1.29, 1.82) is 0 Å². The lowest BCUT2D eigenvalue weighted by Gasteiger charge is -2.01. The third kappa shape index (κ3) is 3.07. The fourth-order valence-electron chi connectivity index (χ4n) is 2.42. The average Bonchev–Trinajstić information content (AvgIpc) is 3.14. The molecule has 0 aliphatic carbocycles. The number of fused-ring (bicyclic) bond motifs is 1. The number of aromatic hydroxyl groups is 1. The number of rotatable bonds is 3. The zero-order valence-electron chi connectivity index (χ0n) is 12.4. The van der Waals surface area contributed by atoms with Gasteiger partial charge in [-0.25, -0.2) is 0 Å². The predicted octanol–water partition coefficient (Wildman–Crippen LogP) is 5.45. The van der Waals surface area contributed by atoms with Crippen molar-refractivity contribution < 1.29 is 5.11 Å². The Labute approximate surface area is 156 Å². The molecule has 2 heterocycles. The first-order valence-corrected chi connectivity index (χ1v) is 9.16. The van der Waals surface area contributed by atoms with Gasteiger partial charge < -0.3 is 10.4 Å². The van der Waals surface area contributed by atoms with Gasteiger partial charge >= 0.3 is 0 Å². The molecule has 1 aliphatic rings. The smallest absolute Gasteiger partial charge is 0.231 e. The zero-order valence-corrected chi connectivity index (χ0v) is 15.4. The minimum atomic E-state index is 0.0262. The molecule has 0 atom stereocenters. The Kier molecular flexibility index (Phi) is 4.07. The van der Waals surface area contributed by atoms with E-state index in [1.54, 1.807) is 0 Å². The molecule has 4 nitrogen and oxygen atoms in total. The van der Waals surface area contributed by atoms with Crippen molar-refractivity contribution in [2.75, 3.05) is 5.32 Å². The van der Waals surface area contributed by atoms with Crippen LogP contribution in [0.15, 0.2) is 53.5 Å².